The van der Waals surface area contributed by atoms with E-state index in [2.05, 4.69) is 23.7 Å². The molecule has 1 saturated heterocycles. The molecule has 1 aliphatic rings. The average molecular weight is 311 g/mol. The lowest BCUT2D eigenvalue weighted by atomic mass is 10.3. The van der Waals surface area contributed by atoms with Crippen molar-refractivity contribution < 1.29 is 4.79 Å². The number of carbonyl (C=O) groups is 1. The van der Waals surface area contributed by atoms with Crippen LogP contribution in [0, 0.1) is 0 Å². The molecule has 1 aromatic rings. The second-order valence-corrected chi connectivity index (χ2v) is 6.34. The van der Waals surface area contributed by atoms with Crippen molar-refractivity contribution in [1.29, 1.82) is 0 Å². The molecule has 0 radical (unpaired) electrons. The Hall–Kier alpha value is -1.34. The quantitative estimate of drug-likeness (QED) is 0.889. The summed E-state index contributed by atoms with van der Waals surface area (Å²) in [6, 6.07) is 0. The molecular weight excluding hydrogens is 286 g/mol. The predicted octanol–water partition coefficient (Wildman–Crippen LogP) is 1.35. The van der Waals surface area contributed by atoms with E-state index in [-0.39, 0.29) is 5.91 Å². The monoisotopic (exact) mass is 311 g/mol. The fraction of sp³-hybridized carbons (Fsp3) is 0.714. The number of nitrogen functional groups attached to an aromatic ring is 1. The van der Waals surface area contributed by atoms with E-state index in [1.165, 1.54) is 11.3 Å². The zero-order valence-electron chi connectivity index (χ0n) is 13.1. The van der Waals surface area contributed by atoms with E-state index in [4.69, 9.17) is 5.73 Å². The third-order valence-corrected chi connectivity index (χ3v) is 5.00. The number of likely N-dealkylation sites (N-methyl/N-ethyl adjacent to an activating group) is 1. The van der Waals surface area contributed by atoms with Crippen molar-refractivity contribution >= 4 is 28.2 Å². The molecule has 1 aliphatic heterocycles. The first-order chi connectivity index (χ1) is 10.1. The first-order valence-electron chi connectivity index (χ1n) is 7.55. The third-order valence-electron chi connectivity index (χ3n) is 3.83. The van der Waals surface area contributed by atoms with Gasteiger partial charge in [0.05, 0.1) is 0 Å². The number of rotatable bonds is 5. The molecule has 0 saturated carbocycles. The van der Waals surface area contributed by atoms with Crippen LogP contribution in [0.25, 0.3) is 0 Å². The minimum absolute atomic E-state index is 0.0249. The Balaban J connectivity index is 2.06. The van der Waals surface area contributed by atoms with Gasteiger partial charge in [0.2, 0.25) is 0 Å². The van der Waals surface area contributed by atoms with Crippen molar-refractivity contribution in [3.8, 4) is 0 Å². The normalized spacial score (nSPS) is 16.2. The topological polar surface area (TPSA) is 65.7 Å². The summed E-state index contributed by atoms with van der Waals surface area (Å²) in [6.07, 6.45) is 1.04. The van der Waals surface area contributed by atoms with E-state index >= 15 is 0 Å². The van der Waals surface area contributed by atoms with Crippen LogP contribution in [0.3, 0.4) is 0 Å². The largest absolute Gasteiger partial charge is 0.382 e. The Morgan fingerprint density at radius 3 is 2.57 bits per heavy atom. The highest BCUT2D eigenvalue weighted by molar-refractivity contribution is 7.18. The molecule has 0 aliphatic carbocycles. The number of aromatic nitrogens is 1. The van der Waals surface area contributed by atoms with E-state index in [9.17, 15) is 4.79 Å². The predicted molar refractivity (Wildman–Crippen MR) is 88.1 cm³/mol. The van der Waals surface area contributed by atoms with Gasteiger partial charge in [0, 0.05) is 39.8 Å². The Morgan fingerprint density at radius 2 is 2.00 bits per heavy atom. The highest BCUT2D eigenvalue weighted by Gasteiger charge is 2.25. The maximum atomic E-state index is 12.6. The van der Waals surface area contributed by atoms with Gasteiger partial charge in [-0.3, -0.25) is 4.79 Å². The van der Waals surface area contributed by atoms with Crippen molar-refractivity contribution in [1.82, 2.24) is 14.8 Å². The number of hydrogen-bond donors (Lipinski definition) is 1. The summed E-state index contributed by atoms with van der Waals surface area (Å²) in [5, 5.41) is 0.824. The van der Waals surface area contributed by atoms with Crippen LogP contribution in [0.2, 0.25) is 0 Å². The summed E-state index contributed by atoms with van der Waals surface area (Å²) in [7, 11) is 1.98. The molecule has 2 heterocycles. The lowest BCUT2D eigenvalue weighted by Crippen LogP contribution is -2.48. The molecule has 0 bridgehead atoms. The first kappa shape index (κ1) is 16.0. The van der Waals surface area contributed by atoms with Crippen LogP contribution < -0.4 is 10.6 Å². The molecule has 1 fully saturated rings. The van der Waals surface area contributed by atoms with Gasteiger partial charge in [-0.05, 0) is 13.0 Å². The molecule has 7 heteroatoms. The summed E-state index contributed by atoms with van der Waals surface area (Å²) in [5.41, 5.74) is 5.95. The van der Waals surface area contributed by atoms with Crippen LogP contribution in [-0.2, 0) is 0 Å². The zero-order valence-corrected chi connectivity index (χ0v) is 13.9. The van der Waals surface area contributed by atoms with Gasteiger partial charge in [0.1, 0.15) is 10.7 Å². The summed E-state index contributed by atoms with van der Waals surface area (Å²) >= 11 is 1.40. The fourth-order valence-electron chi connectivity index (χ4n) is 2.48. The standard InChI is InChI=1S/C14H25N5OS/c1-4-6-17(3)14-16-12(15)11(21-14)13(20)19-9-7-18(5-2)8-10-19/h4-10,15H2,1-3H3. The van der Waals surface area contributed by atoms with Gasteiger partial charge >= 0.3 is 0 Å². The van der Waals surface area contributed by atoms with Crippen LogP contribution >= 0.6 is 11.3 Å². The van der Waals surface area contributed by atoms with E-state index in [0.29, 0.717) is 10.7 Å². The molecule has 0 atom stereocenters. The molecule has 1 aromatic heterocycles. The summed E-state index contributed by atoms with van der Waals surface area (Å²) in [5.74, 6) is 0.387. The van der Waals surface area contributed by atoms with Crippen LogP contribution in [0.15, 0.2) is 0 Å². The molecule has 1 amide bonds. The number of amides is 1. The Labute approximate surface area is 130 Å². The van der Waals surface area contributed by atoms with Crippen molar-refractivity contribution in [2.24, 2.45) is 0 Å². The number of thiazole rings is 1. The maximum Gasteiger partial charge on any atom is 0.267 e. The van der Waals surface area contributed by atoms with Crippen molar-refractivity contribution in [2.45, 2.75) is 20.3 Å². The molecule has 6 nitrogen and oxygen atoms in total. The number of anilines is 2. The third kappa shape index (κ3) is 3.65. The van der Waals surface area contributed by atoms with Gasteiger partial charge in [-0.15, -0.1) is 0 Å². The van der Waals surface area contributed by atoms with E-state index in [1.807, 2.05) is 16.8 Å². The Morgan fingerprint density at radius 1 is 1.33 bits per heavy atom. The molecule has 2 rings (SSSR count). The number of piperazine rings is 1. The minimum Gasteiger partial charge on any atom is -0.382 e. The van der Waals surface area contributed by atoms with Gasteiger partial charge in [-0.1, -0.05) is 25.2 Å². The van der Waals surface area contributed by atoms with Crippen molar-refractivity contribution in [2.75, 3.05) is 56.9 Å². The smallest absolute Gasteiger partial charge is 0.267 e. The summed E-state index contributed by atoms with van der Waals surface area (Å²) in [6.45, 7) is 9.62. The van der Waals surface area contributed by atoms with Gasteiger partial charge in [0.15, 0.2) is 5.13 Å². The molecule has 21 heavy (non-hydrogen) atoms. The van der Waals surface area contributed by atoms with Gasteiger partial charge < -0.3 is 20.4 Å². The van der Waals surface area contributed by atoms with Gasteiger partial charge in [-0.25, -0.2) is 4.98 Å². The van der Waals surface area contributed by atoms with Crippen LogP contribution in [0.1, 0.15) is 29.9 Å². The molecule has 0 aromatic carbocycles. The lowest BCUT2D eigenvalue weighted by Gasteiger charge is -2.33. The fourth-order valence-corrected chi connectivity index (χ4v) is 3.42. The minimum atomic E-state index is 0.0249. The van der Waals surface area contributed by atoms with E-state index in [0.717, 1.165) is 50.8 Å². The van der Waals surface area contributed by atoms with E-state index in [1.54, 1.807) is 0 Å². The highest BCUT2D eigenvalue weighted by atomic mass is 32.1. The summed E-state index contributed by atoms with van der Waals surface area (Å²) < 4.78 is 0. The SMILES string of the molecule is CCCN(C)c1nc(N)c(C(=O)N2CCN(CC)CC2)s1. The van der Waals surface area contributed by atoms with E-state index < -0.39 is 0 Å². The first-order valence-corrected chi connectivity index (χ1v) is 8.37. The number of nitrogens with two attached hydrogens (primary N) is 1. The number of nitrogens with zero attached hydrogens (tertiary/aromatic N) is 4. The number of hydrogen-bond acceptors (Lipinski definition) is 6. The molecule has 2 N–H and O–H groups in total. The summed E-state index contributed by atoms with van der Waals surface area (Å²) in [4.78, 5) is 23.8. The van der Waals surface area contributed by atoms with Crippen molar-refractivity contribution in [3.63, 3.8) is 0 Å². The highest BCUT2D eigenvalue weighted by Crippen LogP contribution is 2.29. The average Bonchev–Trinajstić information content (AvgIpc) is 2.89. The lowest BCUT2D eigenvalue weighted by molar-refractivity contribution is 0.0649. The van der Waals surface area contributed by atoms with Crippen molar-refractivity contribution in [3.05, 3.63) is 4.88 Å². The van der Waals surface area contributed by atoms with Crippen LogP contribution in [0.4, 0.5) is 10.9 Å². The molecular formula is C14H25N5OS. The molecule has 118 valence electrons. The number of carbonyl (C=O) groups excluding carboxylic acids is 1. The second-order valence-electron chi connectivity index (χ2n) is 5.36. The Kier molecular flexibility index (Phi) is 5.41. The molecule has 0 unspecified atom stereocenters. The Bertz CT molecular complexity index is 482. The van der Waals surface area contributed by atoms with Gasteiger partial charge in [0.25, 0.3) is 5.91 Å². The second kappa shape index (κ2) is 7.09. The van der Waals surface area contributed by atoms with Crippen LogP contribution in [0.5, 0.6) is 0 Å². The maximum absolute atomic E-state index is 12.6. The molecule has 0 spiro atoms. The zero-order chi connectivity index (χ0) is 15.4. The van der Waals surface area contributed by atoms with Gasteiger partial charge in [-0.2, -0.15) is 0 Å². The van der Waals surface area contributed by atoms with Crippen LogP contribution in [-0.4, -0.2) is 67.0 Å².